The van der Waals surface area contributed by atoms with Gasteiger partial charge in [-0.25, -0.2) is 9.59 Å². The molecule has 2 saturated heterocycles. The minimum Gasteiger partial charge on any atom is -0.480 e. The zero-order valence-corrected chi connectivity index (χ0v) is 11.4. The van der Waals surface area contributed by atoms with Crippen molar-refractivity contribution < 1.29 is 14.7 Å². The number of carboxylic acid groups (broad SMARTS) is 1. The third-order valence-electron chi connectivity index (χ3n) is 5.19. The molecule has 1 saturated carbocycles. The van der Waals surface area contributed by atoms with E-state index in [1.807, 2.05) is 4.90 Å². The van der Waals surface area contributed by atoms with Gasteiger partial charge in [0.2, 0.25) is 0 Å². The average molecular weight is 266 g/mol. The summed E-state index contributed by atoms with van der Waals surface area (Å²) >= 11 is 0. The van der Waals surface area contributed by atoms with Crippen LogP contribution >= 0.6 is 0 Å². The Hall–Kier alpha value is -1.26. The number of amides is 2. The van der Waals surface area contributed by atoms with E-state index in [-0.39, 0.29) is 18.0 Å². The first-order chi connectivity index (χ1) is 9.09. The van der Waals surface area contributed by atoms with Gasteiger partial charge in [0.15, 0.2) is 0 Å². The molecular formula is C14H22N2O3. The van der Waals surface area contributed by atoms with Crippen LogP contribution in [0.25, 0.3) is 0 Å². The third kappa shape index (κ3) is 1.99. The van der Waals surface area contributed by atoms with Crippen LogP contribution in [0.2, 0.25) is 0 Å². The molecule has 4 unspecified atom stereocenters. The summed E-state index contributed by atoms with van der Waals surface area (Å²) in [4.78, 5) is 27.6. The van der Waals surface area contributed by atoms with Crippen LogP contribution in [0, 0.1) is 11.8 Å². The molecule has 0 aromatic rings. The standard InChI is InChI=1S/C14H22N2O3/c1-9-4-3-7-15(9)14(19)16-8-10-5-2-6-11(10)12(16)13(17)18/h9-12H,2-8H2,1H3,(H,17,18). The highest BCUT2D eigenvalue weighted by molar-refractivity contribution is 5.84. The predicted octanol–water partition coefficient (Wildman–Crippen LogP) is 1.78. The van der Waals surface area contributed by atoms with Gasteiger partial charge in [-0.15, -0.1) is 0 Å². The Morgan fingerprint density at radius 2 is 1.89 bits per heavy atom. The predicted molar refractivity (Wildman–Crippen MR) is 69.8 cm³/mol. The van der Waals surface area contributed by atoms with Crippen molar-refractivity contribution in [2.24, 2.45) is 11.8 Å². The molecule has 5 nitrogen and oxygen atoms in total. The van der Waals surface area contributed by atoms with Gasteiger partial charge in [-0.1, -0.05) is 6.42 Å². The Bertz CT molecular complexity index is 398. The first-order valence-electron chi connectivity index (χ1n) is 7.39. The maximum atomic E-state index is 12.6. The number of urea groups is 1. The van der Waals surface area contributed by atoms with Gasteiger partial charge in [0.1, 0.15) is 6.04 Å². The van der Waals surface area contributed by atoms with Gasteiger partial charge >= 0.3 is 12.0 Å². The number of nitrogens with zero attached hydrogens (tertiary/aromatic N) is 2. The monoisotopic (exact) mass is 266 g/mol. The van der Waals surface area contributed by atoms with Gasteiger partial charge < -0.3 is 14.9 Å². The summed E-state index contributed by atoms with van der Waals surface area (Å²) in [6.07, 6.45) is 5.21. The van der Waals surface area contributed by atoms with E-state index in [4.69, 9.17) is 0 Å². The first-order valence-corrected chi connectivity index (χ1v) is 7.39. The fraction of sp³-hybridized carbons (Fsp3) is 0.857. The first kappa shape index (κ1) is 12.8. The topological polar surface area (TPSA) is 60.9 Å². The van der Waals surface area contributed by atoms with E-state index in [0.717, 1.165) is 38.6 Å². The minimum absolute atomic E-state index is 0.0493. The Labute approximate surface area is 113 Å². The lowest BCUT2D eigenvalue weighted by atomic mass is 9.94. The van der Waals surface area contributed by atoms with Gasteiger partial charge in [0.05, 0.1) is 0 Å². The van der Waals surface area contributed by atoms with Crippen LogP contribution in [0.15, 0.2) is 0 Å². The van der Waals surface area contributed by atoms with Crippen molar-refractivity contribution in [3.05, 3.63) is 0 Å². The van der Waals surface area contributed by atoms with E-state index < -0.39 is 12.0 Å². The molecule has 2 aliphatic heterocycles. The number of hydrogen-bond acceptors (Lipinski definition) is 2. The Kier molecular flexibility index (Phi) is 3.15. The number of carboxylic acids is 1. The van der Waals surface area contributed by atoms with Crippen molar-refractivity contribution in [2.75, 3.05) is 13.1 Å². The second-order valence-corrected chi connectivity index (χ2v) is 6.26. The fourth-order valence-electron chi connectivity index (χ4n) is 4.20. The largest absolute Gasteiger partial charge is 0.480 e. The van der Waals surface area contributed by atoms with E-state index in [1.165, 1.54) is 0 Å². The number of carbonyl (C=O) groups excluding carboxylic acids is 1. The lowest BCUT2D eigenvalue weighted by Crippen LogP contribution is -2.50. The summed E-state index contributed by atoms with van der Waals surface area (Å²) in [7, 11) is 0. The summed E-state index contributed by atoms with van der Waals surface area (Å²) in [6.45, 7) is 3.47. The van der Waals surface area contributed by atoms with E-state index in [9.17, 15) is 14.7 Å². The number of fused-ring (bicyclic) bond motifs is 1. The lowest BCUT2D eigenvalue weighted by Gasteiger charge is -2.31. The van der Waals surface area contributed by atoms with E-state index in [2.05, 4.69) is 6.92 Å². The summed E-state index contributed by atoms with van der Waals surface area (Å²) < 4.78 is 0. The van der Waals surface area contributed by atoms with Gasteiger partial charge in [-0.2, -0.15) is 0 Å². The van der Waals surface area contributed by atoms with Crippen molar-refractivity contribution in [3.8, 4) is 0 Å². The van der Waals surface area contributed by atoms with Crippen LogP contribution in [0.1, 0.15) is 39.0 Å². The van der Waals surface area contributed by atoms with Gasteiger partial charge in [0, 0.05) is 19.1 Å². The fourth-order valence-corrected chi connectivity index (χ4v) is 4.20. The molecule has 0 bridgehead atoms. The molecule has 106 valence electrons. The number of rotatable bonds is 1. The van der Waals surface area contributed by atoms with Crippen LogP contribution in [0.3, 0.4) is 0 Å². The van der Waals surface area contributed by atoms with Gasteiger partial charge in [-0.05, 0) is 44.4 Å². The number of carbonyl (C=O) groups is 2. The molecule has 1 N–H and O–H groups in total. The normalized spacial score (nSPS) is 37.7. The molecule has 19 heavy (non-hydrogen) atoms. The van der Waals surface area contributed by atoms with Crippen molar-refractivity contribution in [2.45, 2.75) is 51.1 Å². The summed E-state index contributed by atoms with van der Waals surface area (Å²) in [5.41, 5.74) is 0. The highest BCUT2D eigenvalue weighted by Gasteiger charge is 2.50. The molecule has 3 rings (SSSR count). The third-order valence-corrected chi connectivity index (χ3v) is 5.19. The highest BCUT2D eigenvalue weighted by atomic mass is 16.4. The summed E-state index contributed by atoms with van der Waals surface area (Å²) in [5.74, 6) is -0.239. The maximum Gasteiger partial charge on any atom is 0.326 e. The lowest BCUT2D eigenvalue weighted by molar-refractivity contribution is -0.142. The molecule has 0 radical (unpaired) electrons. The van der Waals surface area contributed by atoms with Gasteiger partial charge in [-0.3, -0.25) is 0 Å². The number of likely N-dealkylation sites (tertiary alicyclic amines) is 2. The summed E-state index contributed by atoms with van der Waals surface area (Å²) in [5, 5.41) is 9.48. The Balaban J connectivity index is 1.79. The Morgan fingerprint density at radius 1 is 1.11 bits per heavy atom. The number of hydrogen-bond donors (Lipinski definition) is 1. The smallest absolute Gasteiger partial charge is 0.326 e. The van der Waals surface area contributed by atoms with E-state index >= 15 is 0 Å². The molecule has 3 fully saturated rings. The molecule has 4 atom stereocenters. The second kappa shape index (κ2) is 4.69. The zero-order valence-electron chi connectivity index (χ0n) is 11.4. The molecule has 0 aromatic heterocycles. The molecule has 1 aliphatic carbocycles. The molecular weight excluding hydrogens is 244 g/mol. The molecule has 0 spiro atoms. The molecule has 3 aliphatic rings. The molecule has 0 aromatic carbocycles. The van der Waals surface area contributed by atoms with Crippen LogP contribution in [0.5, 0.6) is 0 Å². The second-order valence-electron chi connectivity index (χ2n) is 6.26. The minimum atomic E-state index is -0.824. The van der Waals surface area contributed by atoms with Crippen molar-refractivity contribution >= 4 is 12.0 Å². The molecule has 5 heteroatoms. The summed E-state index contributed by atoms with van der Waals surface area (Å²) in [6, 6.07) is -0.387. The van der Waals surface area contributed by atoms with Gasteiger partial charge in [0.25, 0.3) is 0 Å². The zero-order chi connectivity index (χ0) is 13.6. The molecule has 2 heterocycles. The van der Waals surface area contributed by atoms with Crippen molar-refractivity contribution in [1.82, 2.24) is 9.80 Å². The van der Waals surface area contributed by atoms with Crippen LogP contribution < -0.4 is 0 Å². The van der Waals surface area contributed by atoms with Crippen LogP contribution in [-0.2, 0) is 4.79 Å². The average Bonchev–Trinajstić information content (AvgIpc) is 3.00. The van der Waals surface area contributed by atoms with E-state index in [1.54, 1.807) is 4.90 Å². The molecule has 2 amide bonds. The maximum absolute atomic E-state index is 12.6. The highest BCUT2D eigenvalue weighted by Crippen LogP contribution is 2.42. The SMILES string of the molecule is CC1CCCN1C(=O)N1CC2CCCC2C1C(=O)O. The van der Waals surface area contributed by atoms with Crippen LogP contribution in [0.4, 0.5) is 4.79 Å². The quantitative estimate of drug-likeness (QED) is 0.787. The number of aliphatic carboxylic acids is 1. The van der Waals surface area contributed by atoms with Crippen molar-refractivity contribution in [3.63, 3.8) is 0 Å². The Morgan fingerprint density at radius 3 is 2.53 bits per heavy atom. The van der Waals surface area contributed by atoms with Crippen molar-refractivity contribution in [1.29, 1.82) is 0 Å². The van der Waals surface area contributed by atoms with E-state index in [0.29, 0.717) is 12.5 Å². The van der Waals surface area contributed by atoms with Crippen LogP contribution in [-0.4, -0.2) is 52.1 Å².